The van der Waals surface area contributed by atoms with E-state index in [4.69, 9.17) is 4.74 Å². The van der Waals surface area contributed by atoms with Crippen molar-refractivity contribution < 1.29 is 9.53 Å². The molecule has 13 heavy (non-hydrogen) atoms. The van der Waals surface area contributed by atoms with Gasteiger partial charge in [-0.2, -0.15) is 0 Å². The van der Waals surface area contributed by atoms with Crippen LogP contribution in [-0.2, 0) is 9.53 Å². The Bertz CT molecular complexity index is 218. The van der Waals surface area contributed by atoms with Crippen LogP contribution in [-0.4, -0.2) is 12.1 Å². The van der Waals surface area contributed by atoms with E-state index in [2.05, 4.69) is 5.73 Å². The van der Waals surface area contributed by atoms with Crippen LogP contribution in [0.4, 0.5) is 0 Å². The van der Waals surface area contributed by atoms with Crippen molar-refractivity contribution in [3.05, 3.63) is 17.4 Å². The van der Waals surface area contributed by atoms with Crippen molar-refractivity contribution in [2.24, 2.45) is 0 Å². The summed E-state index contributed by atoms with van der Waals surface area (Å²) in [6, 6.07) is 0. The van der Waals surface area contributed by atoms with Gasteiger partial charge in [0.25, 0.3) is 0 Å². The van der Waals surface area contributed by atoms with Crippen molar-refractivity contribution in [3.8, 4) is 0 Å². The lowest BCUT2D eigenvalue weighted by molar-refractivity contribution is -0.145. The molecule has 0 aromatic carbocycles. The second-order valence-electron chi connectivity index (χ2n) is 3.35. The van der Waals surface area contributed by atoms with Gasteiger partial charge < -0.3 is 4.74 Å². The van der Waals surface area contributed by atoms with Crippen LogP contribution in [0.2, 0.25) is 0 Å². The predicted octanol–water partition coefficient (Wildman–Crippen LogP) is 2.84. The maximum absolute atomic E-state index is 10.5. The number of carbonyl (C=O) groups excluding carboxylic acids is 1. The fourth-order valence-corrected chi connectivity index (χ4v) is 0.937. The summed E-state index contributed by atoms with van der Waals surface area (Å²) in [5, 5.41) is 0. The van der Waals surface area contributed by atoms with E-state index < -0.39 is 0 Å². The third-order valence-electron chi connectivity index (χ3n) is 1.48. The van der Waals surface area contributed by atoms with Gasteiger partial charge >= 0.3 is 5.97 Å². The summed E-state index contributed by atoms with van der Waals surface area (Å²) < 4.78 is 4.96. The molecule has 0 saturated carbocycles. The Morgan fingerprint density at radius 1 is 1.46 bits per heavy atom. The maximum atomic E-state index is 10.5. The standard InChI is InChI=1S/C11H18O2/c1-9(2)7-5-6-8-10(3)13-11(4)12/h5,10H,6,8H2,1-4H3. The molecule has 1 unspecified atom stereocenters. The van der Waals surface area contributed by atoms with Gasteiger partial charge in [0.1, 0.15) is 0 Å². The molecule has 0 rings (SSSR count). The van der Waals surface area contributed by atoms with Crippen LogP contribution < -0.4 is 0 Å². The van der Waals surface area contributed by atoms with Gasteiger partial charge in [-0.15, -0.1) is 5.73 Å². The minimum atomic E-state index is -0.210. The van der Waals surface area contributed by atoms with E-state index in [0.29, 0.717) is 0 Å². The lowest BCUT2D eigenvalue weighted by atomic mass is 10.2. The number of hydrogen-bond donors (Lipinski definition) is 0. The van der Waals surface area contributed by atoms with E-state index in [-0.39, 0.29) is 12.1 Å². The maximum Gasteiger partial charge on any atom is 0.302 e. The van der Waals surface area contributed by atoms with Crippen LogP contribution in [0, 0.1) is 0 Å². The van der Waals surface area contributed by atoms with E-state index in [1.807, 2.05) is 26.8 Å². The van der Waals surface area contributed by atoms with Gasteiger partial charge in [-0.05, 0) is 45.3 Å². The molecule has 0 N–H and O–H groups in total. The first-order chi connectivity index (χ1) is 6.02. The highest BCUT2D eigenvalue weighted by atomic mass is 16.5. The van der Waals surface area contributed by atoms with Crippen molar-refractivity contribution in [3.63, 3.8) is 0 Å². The van der Waals surface area contributed by atoms with E-state index in [1.54, 1.807) is 0 Å². The van der Waals surface area contributed by atoms with Crippen LogP contribution in [0.25, 0.3) is 0 Å². The molecular weight excluding hydrogens is 164 g/mol. The van der Waals surface area contributed by atoms with Crippen molar-refractivity contribution in [1.29, 1.82) is 0 Å². The summed E-state index contributed by atoms with van der Waals surface area (Å²) in [6.07, 6.45) is 3.75. The SMILES string of the molecule is CC(=O)OC(C)CCC=C=C(C)C. The molecule has 0 aliphatic rings. The fraction of sp³-hybridized carbons (Fsp3) is 0.636. The van der Waals surface area contributed by atoms with Crippen LogP contribution in [0.5, 0.6) is 0 Å². The Hall–Kier alpha value is -1.01. The first-order valence-electron chi connectivity index (χ1n) is 4.58. The Kier molecular flexibility index (Phi) is 5.99. The second-order valence-corrected chi connectivity index (χ2v) is 3.35. The molecule has 0 bridgehead atoms. The van der Waals surface area contributed by atoms with E-state index in [1.165, 1.54) is 12.5 Å². The molecule has 0 aliphatic carbocycles. The summed E-state index contributed by atoms with van der Waals surface area (Å²) in [5.74, 6) is -0.210. The molecule has 0 aromatic rings. The summed E-state index contributed by atoms with van der Waals surface area (Å²) in [7, 11) is 0. The molecule has 0 aliphatic heterocycles. The minimum absolute atomic E-state index is 0.00714. The van der Waals surface area contributed by atoms with Crippen molar-refractivity contribution >= 4 is 5.97 Å². The highest BCUT2D eigenvalue weighted by molar-refractivity contribution is 5.66. The van der Waals surface area contributed by atoms with Gasteiger partial charge in [-0.25, -0.2) is 0 Å². The van der Waals surface area contributed by atoms with E-state index >= 15 is 0 Å². The van der Waals surface area contributed by atoms with Gasteiger partial charge in [0.15, 0.2) is 0 Å². The predicted molar refractivity (Wildman–Crippen MR) is 53.4 cm³/mol. The van der Waals surface area contributed by atoms with Gasteiger partial charge in [-0.1, -0.05) is 0 Å². The molecule has 0 spiro atoms. The highest BCUT2D eigenvalue weighted by Crippen LogP contribution is 2.02. The van der Waals surface area contributed by atoms with Crippen LogP contribution in [0.15, 0.2) is 17.4 Å². The second kappa shape index (κ2) is 6.50. The largest absolute Gasteiger partial charge is 0.463 e. The minimum Gasteiger partial charge on any atom is -0.463 e. The molecule has 0 radical (unpaired) electrons. The van der Waals surface area contributed by atoms with Crippen molar-refractivity contribution in [1.82, 2.24) is 0 Å². The molecule has 74 valence electrons. The lowest BCUT2D eigenvalue weighted by Crippen LogP contribution is -2.11. The number of carbonyl (C=O) groups is 1. The van der Waals surface area contributed by atoms with Crippen LogP contribution >= 0.6 is 0 Å². The number of hydrogen-bond acceptors (Lipinski definition) is 2. The Morgan fingerprint density at radius 2 is 2.08 bits per heavy atom. The topological polar surface area (TPSA) is 26.3 Å². The lowest BCUT2D eigenvalue weighted by Gasteiger charge is -2.09. The van der Waals surface area contributed by atoms with Crippen LogP contribution in [0.1, 0.15) is 40.5 Å². The van der Waals surface area contributed by atoms with Gasteiger partial charge in [0.05, 0.1) is 6.10 Å². The number of allylic oxidation sites excluding steroid dienone is 1. The third kappa shape index (κ3) is 8.90. The Morgan fingerprint density at radius 3 is 2.54 bits per heavy atom. The highest BCUT2D eigenvalue weighted by Gasteiger charge is 2.02. The zero-order valence-electron chi connectivity index (χ0n) is 8.89. The zero-order valence-corrected chi connectivity index (χ0v) is 8.89. The average Bonchev–Trinajstić information content (AvgIpc) is 1.96. The van der Waals surface area contributed by atoms with Gasteiger partial charge in [0, 0.05) is 6.92 Å². The average molecular weight is 182 g/mol. The summed E-state index contributed by atoms with van der Waals surface area (Å²) in [6.45, 7) is 7.35. The van der Waals surface area contributed by atoms with Crippen molar-refractivity contribution in [2.75, 3.05) is 0 Å². The van der Waals surface area contributed by atoms with E-state index in [9.17, 15) is 4.79 Å². The van der Waals surface area contributed by atoms with Gasteiger partial charge in [-0.3, -0.25) is 4.79 Å². The Balaban J connectivity index is 3.65. The Labute approximate surface area is 80.3 Å². The first-order valence-corrected chi connectivity index (χ1v) is 4.58. The number of esters is 1. The molecule has 2 heteroatoms. The summed E-state index contributed by atoms with van der Waals surface area (Å²) >= 11 is 0. The molecule has 1 atom stereocenters. The molecule has 2 nitrogen and oxygen atoms in total. The summed E-state index contributed by atoms with van der Waals surface area (Å²) in [4.78, 5) is 10.5. The number of rotatable bonds is 4. The van der Waals surface area contributed by atoms with Crippen molar-refractivity contribution in [2.45, 2.75) is 46.6 Å². The van der Waals surface area contributed by atoms with E-state index in [0.717, 1.165) is 12.8 Å². The third-order valence-corrected chi connectivity index (χ3v) is 1.48. The number of ether oxygens (including phenoxy) is 1. The molecule has 0 amide bonds. The molecule has 0 heterocycles. The summed E-state index contributed by atoms with van der Waals surface area (Å²) in [5.41, 5.74) is 4.27. The molecular formula is C11H18O2. The molecule has 0 fully saturated rings. The monoisotopic (exact) mass is 182 g/mol. The first kappa shape index (κ1) is 12.0. The molecule has 0 aromatic heterocycles. The zero-order chi connectivity index (χ0) is 10.3. The quantitative estimate of drug-likeness (QED) is 0.493. The van der Waals surface area contributed by atoms with Crippen LogP contribution in [0.3, 0.4) is 0 Å². The normalized spacial score (nSPS) is 11.4. The van der Waals surface area contributed by atoms with Gasteiger partial charge in [0.2, 0.25) is 0 Å². The smallest absolute Gasteiger partial charge is 0.302 e. The molecule has 0 saturated heterocycles. The fourth-order valence-electron chi connectivity index (χ4n) is 0.937.